The van der Waals surface area contributed by atoms with Crippen LogP contribution in [-0.4, -0.2) is 37.2 Å². The summed E-state index contributed by atoms with van der Waals surface area (Å²) in [6, 6.07) is 0. The van der Waals surface area contributed by atoms with Gasteiger partial charge in [0, 0.05) is 19.3 Å². The zero-order chi connectivity index (χ0) is 50.7. The van der Waals surface area contributed by atoms with Crippen LogP contribution in [-0.2, 0) is 28.6 Å². The number of hydrogen-bond donors (Lipinski definition) is 0. The van der Waals surface area contributed by atoms with E-state index < -0.39 is 6.10 Å². The van der Waals surface area contributed by atoms with Crippen molar-refractivity contribution >= 4 is 17.9 Å². The van der Waals surface area contributed by atoms with E-state index in [1.54, 1.807) is 0 Å². The molecule has 0 aliphatic rings. The Kier molecular flexibility index (Phi) is 56.7. The van der Waals surface area contributed by atoms with Gasteiger partial charge in [-0.3, -0.25) is 14.4 Å². The minimum Gasteiger partial charge on any atom is -0.462 e. The molecule has 0 heterocycles. The van der Waals surface area contributed by atoms with Crippen molar-refractivity contribution in [1.82, 2.24) is 0 Å². The lowest BCUT2D eigenvalue weighted by Crippen LogP contribution is -2.30. The van der Waals surface area contributed by atoms with Crippen LogP contribution in [0.2, 0.25) is 0 Å². The summed E-state index contributed by atoms with van der Waals surface area (Å²) >= 11 is 0. The van der Waals surface area contributed by atoms with Crippen LogP contribution < -0.4 is 0 Å². The maximum absolute atomic E-state index is 12.8. The molecule has 0 aliphatic heterocycles. The Morgan fingerprint density at radius 1 is 0.300 bits per heavy atom. The summed E-state index contributed by atoms with van der Waals surface area (Å²) in [5, 5.41) is 0. The van der Waals surface area contributed by atoms with E-state index in [4.69, 9.17) is 14.2 Å². The largest absolute Gasteiger partial charge is 0.462 e. The number of carbonyl (C=O) groups is 3. The van der Waals surface area contributed by atoms with E-state index in [0.717, 1.165) is 83.5 Å². The molecule has 0 bridgehead atoms. The van der Waals surface area contributed by atoms with Crippen LogP contribution in [0.1, 0.15) is 323 Å². The first-order valence-electron chi connectivity index (χ1n) is 30.6. The quantitative estimate of drug-likeness (QED) is 0.0261. The molecule has 6 heteroatoms. The molecule has 0 fully saturated rings. The highest BCUT2D eigenvalue weighted by molar-refractivity contribution is 5.71. The van der Waals surface area contributed by atoms with Gasteiger partial charge in [0.15, 0.2) is 6.10 Å². The number of rotatable bonds is 56. The zero-order valence-electron chi connectivity index (χ0n) is 46.8. The van der Waals surface area contributed by atoms with Crippen LogP contribution in [0, 0.1) is 0 Å². The van der Waals surface area contributed by atoms with Gasteiger partial charge in [-0.15, -0.1) is 0 Å². The molecule has 1 atom stereocenters. The number of esters is 3. The lowest BCUT2D eigenvalue weighted by molar-refractivity contribution is -0.167. The first-order chi connectivity index (χ1) is 34.5. The summed E-state index contributed by atoms with van der Waals surface area (Å²) < 4.78 is 16.8. The third kappa shape index (κ3) is 56.3. The van der Waals surface area contributed by atoms with Crippen molar-refractivity contribution in [1.29, 1.82) is 0 Å². The third-order valence-corrected chi connectivity index (χ3v) is 13.6. The van der Waals surface area contributed by atoms with Crippen molar-refractivity contribution in [2.24, 2.45) is 0 Å². The highest BCUT2D eigenvalue weighted by Crippen LogP contribution is 2.17. The molecule has 0 aromatic carbocycles. The molecular weight excluding hydrogens is 865 g/mol. The van der Waals surface area contributed by atoms with E-state index in [9.17, 15) is 14.4 Å². The summed E-state index contributed by atoms with van der Waals surface area (Å²) in [6.07, 6.45) is 72.9. The van der Waals surface area contributed by atoms with Crippen LogP contribution in [0.5, 0.6) is 0 Å². The Balaban J connectivity index is 4.05. The molecule has 1 unspecified atom stereocenters. The second kappa shape index (κ2) is 58.9. The van der Waals surface area contributed by atoms with Crippen LogP contribution in [0.4, 0.5) is 0 Å². The summed E-state index contributed by atoms with van der Waals surface area (Å²) in [6.45, 7) is 6.51. The fraction of sp³-hybridized carbons (Fsp3) is 0.828. The van der Waals surface area contributed by atoms with E-state index in [2.05, 4.69) is 69.4 Å². The molecule has 0 spiro atoms. The van der Waals surface area contributed by atoms with Gasteiger partial charge in [0.25, 0.3) is 0 Å². The highest BCUT2D eigenvalue weighted by Gasteiger charge is 2.19. The van der Waals surface area contributed by atoms with Crippen LogP contribution >= 0.6 is 0 Å². The Bertz CT molecular complexity index is 1220. The molecule has 0 aromatic heterocycles. The lowest BCUT2D eigenvalue weighted by Gasteiger charge is -2.18. The van der Waals surface area contributed by atoms with Crippen molar-refractivity contribution in [3.05, 3.63) is 48.6 Å². The Labute approximate surface area is 435 Å². The first kappa shape index (κ1) is 67.4. The molecular formula is C64H116O6. The maximum atomic E-state index is 12.8. The predicted octanol–water partition coefficient (Wildman–Crippen LogP) is 20.6. The molecule has 0 amide bonds. The number of carbonyl (C=O) groups excluding carboxylic acids is 3. The number of allylic oxidation sites excluding steroid dienone is 8. The SMILES string of the molecule is CC/C=C\C/C=C\C/C=C\C/C=C\CCCCCCCCCCCCCCCCC(=O)OCC(COC(=O)CCCCCCCC)OC(=O)CCCCCCCCCCCCCCCCCCCCC. The van der Waals surface area contributed by atoms with Gasteiger partial charge >= 0.3 is 17.9 Å². The van der Waals surface area contributed by atoms with E-state index in [0.29, 0.717) is 19.3 Å². The second-order valence-electron chi connectivity index (χ2n) is 20.6. The molecule has 408 valence electrons. The second-order valence-corrected chi connectivity index (χ2v) is 20.6. The van der Waals surface area contributed by atoms with Gasteiger partial charge in [-0.25, -0.2) is 0 Å². The minimum atomic E-state index is -0.766. The summed E-state index contributed by atoms with van der Waals surface area (Å²) in [7, 11) is 0. The van der Waals surface area contributed by atoms with Crippen molar-refractivity contribution < 1.29 is 28.6 Å². The molecule has 0 rings (SSSR count). The number of hydrogen-bond acceptors (Lipinski definition) is 6. The van der Waals surface area contributed by atoms with E-state index in [-0.39, 0.29) is 31.1 Å². The molecule has 0 N–H and O–H groups in total. The summed E-state index contributed by atoms with van der Waals surface area (Å²) in [5.41, 5.74) is 0. The fourth-order valence-corrected chi connectivity index (χ4v) is 9.02. The number of unbranched alkanes of at least 4 members (excludes halogenated alkanes) is 37. The van der Waals surface area contributed by atoms with Crippen LogP contribution in [0.15, 0.2) is 48.6 Å². The fourth-order valence-electron chi connectivity index (χ4n) is 9.02. The summed E-state index contributed by atoms with van der Waals surface area (Å²) in [4.78, 5) is 37.9. The smallest absolute Gasteiger partial charge is 0.306 e. The van der Waals surface area contributed by atoms with E-state index in [1.165, 1.54) is 199 Å². The van der Waals surface area contributed by atoms with Gasteiger partial charge < -0.3 is 14.2 Å². The van der Waals surface area contributed by atoms with Crippen molar-refractivity contribution in [3.8, 4) is 0 Å². The average molecular weight is 982 g/mol. The van der Waals surface area contributed by atoms with E-state index >= 15 is 0 Å². The normalized spacial score (nSPS) is 12.3. The number of ether oxygens (including phenoxy) is 3. The molecule has 6 nitrogen and oxygen atoms in total. The van der Waals surface area contributed by atoms with Gasteiger partial charge in [-0.05, 0) is 57.8 Å². The standard InChI is InChI=1S/C64H116O6/c1-4-7-10-13-16-18-20-22-24-26-28-29-30-31-32-33-34-35-37-38-40-42-44-46-48-51-54-57-63(66)69-60-61(59-68-62(65)56-53-50-15-12-9-6-3)70-64(67)58-55-52-49-47-45-43-41-39-36-27-25-23-21-19-17-14-11-8-5-2/h7,10,16,18,22,24,28-29,61H,4-6,8-9,11-15,17,19-21,23,25-27,30-60H2,1-3H3/b10-7-,18-16-,24-22-,29-28-. The van der Waals surface area contributed by atoms with Crippen molar-refractivity contribution in [3.63, 3.8) is 0 Å². The van der Waals surface area contributed by atoms with Gasteiger partial charge in [0.1, 0.15) is 13.2 Å². The van der Waals surface area contributed by atoms with Crippen LogP contribution in [0.3, 0.4) is 0 Å². The average Bonchev–Trinajstić information content (AvgIpc) is 3.36. The van der Waals surface area contributed by atoms with E-state index in [1.807, 2.05) is 0 Å². The molecule has 70 heavy (non-hydrogen) atoms. The van der Waals surface area contributed by atoms with Crippen LogP contribution in [0.25, 0.3) is 0 Å². The Hall–Kier alpha value is -2.63. The summed E-state index contributed by atoms with van der Waals surface area (Å²) in [5.74, 6) is -0.860. The predicted molar refractivity (Wildman–Crippen MR) is 302 cm³/mol. The van der Waals surface area contributed by atoms with Crippen molar-refractivity contribution in [2.45, 2.75) is 329 Å². The van der Waals surface area contributed by atoms with Gasteiger partial charge in [0.05, 0.1) is 0 Å². The molecule has 0 aromatic rings. The topological polar surface area (TPSA) is 78.9 Å². The highest BCUT2D eigenvalue weighted by atomic mass is 16.6. The lowest BCUT2D eigenvalue weighted by atomic mass is 10.0. The molecule has 0 radical (unpaired) electrons. The molecule has 0 aliphatic carbocycles. The third-order valence-electron chi connectivity index (χ3n) is 13.6. The Morgan fingerprint density at radius 3 is 0.871 bits per heavy atom. The maximum Gasteiger partial charge on any atom is 0.306 e. The van der Waals surface area contributed by atoms with Gasteiger partial charge in [0.2, 0.25) is 0 Å². The Morgan fingerprint density at radius 2 is 0.557 bits per heavy atom. The minimum absolute atomic E-state index is 0.0687. The first-order valence-corrected chi connectivity index (χ1v) is 30.6. The zero-order valence-corrected chi connectivity index (χ0v) is 46.8. The van der Waals surface area contributed by atoms with Gasteiger partial charge in [-0.2, -0.15) is 0 Å². The molecule has 0 saturated heterocycles. The monoisotopic (exact) mass is 981 g/mol. The van der Waals surface area contributed by atoms with Crippen molar-refractivity contribution in [2.75, 3.05) is 13.2 Å². The molecule has 0 saturated carbocycles. The van der Waals surface area contributed by atoms with Gasteiger partial charge in [-0.1, -0.05) is 294 Å².